The van der Waals surface area contributed by atoms with Crippen LogP contribution in [0.2, 0.25) is 0 Å². The Morgan fingerprint density at radius 3 is 2.65 bits per heavy atom. The molecule has 0 bridgehead atoms. The minimum atomic E-state index is -0.417. The molecule has 3 amide bonds. The van der Waals surface area contributed by atoms with Crippen molar-refractivity contribution in [2.45, 2.75) is 6.54 Å². The van der Waals surface area contributed by atoms with Gasteiger partial charge in [0.1, 0.15) is 6.54 Å². The van der Waals surface area contributed by atoms with Crippen molar-refractivity contribution in [1.82, 2.24) is 10.2 Å². The van der Waals surface area contributed by atoms with Gasteiger partial charge in [0.25, 0.3) is 11.1 Å². The summed E-state index contributed by atoms with van der Waals surface area (Å²) >= 11 is 3.89. The number of carbonyl (C=O) groups excluding carboxylic acids is 3. The van der Waals surface area contributed by atoms with Crippen molar-refractivity contribution in [2.75, 3.05) is 6.54 Å². The van der Waals surface area contributed by atoms with Crippen LogP contribution in [0.25, 0.3) is 6.08 Å². The van der Waals surface area contributed by atoms with Gasteiger partial charge in [0.2, 0.25) is 5.91 Å². The van der Waals surface area contributed by atoms with Crippen LogP contribution in [0.5, 0.6) is 0 Å². The zero-order chi connectivity index (χ0) is 16.2. The topological polar surface area (TPSA) is 66.5 Å². The molecule has 1 saturated heterocycles. The Hall–Kier alpha value is -1.90. The molecule has 0 unspecified atom stereocenters. The second-order valence-corrected chi connectivity index (χ2v) is 7.64. The van der Waals surface area contributed by atoms with Gasteiger partial charge in [-0.2, -0.15) is 0 Å². The second kappa shape index (κ2) is 7.12. The van der Waals surface area contributed by atoms with E-state index in [1.54, 1.807) is 6.08 Å². The number of thiophene rings is 2. The maximum absolute atomic E-state index is 12.3. The summed E-state index contributed by atoms with van der Waals surface area (Å²) in [6.45, 7) is 0.148. The zero-order valence-corrected chi connectivity index (χ0v) is 14.3. The summed E-state index contributed by atoms with van der Waals surface area (Å²) in [5.74, 6) is -0.766. The summed E-state index contributed by atoms with van der Waals surface area (Å²) in [6, 6.07) is 7.55. The van der Waals surface area contributed by atoms with Crippen molar-refractivity contribution in [3.05, 3.63) is 49.7 Å². The number of carbonyl (C=O) groups is 3. The van der Waals surface area contributed by atoms with E-state index in [2.05, 4.69) is 5.32 Å². The number of hydrogen-bond acceptors (Lipinski definition) is 6. The minimum absolute atomic E-state index is 0.252. The summed E-state index contributed by atoms with van der Waals surface area (Å²) in [4.78, 5) is 39.4. The molecule has 118 valence electrons. The van der Waals surface area contributed by atoms with Crippen LogP contribution in [0, 0.1) is 0 Å². The summed E-state index contributed by atoms with van der Waals surface area (Å²) in [7, 11) is 0. The number of nitrogens with one attached hydrogen (secondary N) is 1. The first-order chi connectivity index (χ1) is 11.1. The standard InChI is InChI=1S/C15H12N2O3S3/c18-13(16-8-11-4-2-6-22-11)9-17-14(19)12(23-15(17)20)7-10-3-1-5-21-10/h1-7H,8-9H2,(H,16,18)/b12-7-. The smallest absolute Gasteiger partial charge is 0.294 e. The molecule has 0 spiro atoms. The van der Waals surface area contributed by atoms with Gasteiger partial charge < -0.3 is 5.32 Å². The highest BCUT2D eigenvalue weighted by Crippen LogP contribution is 2.32. The summed E-state index contributed by atoms with van der Waals surface area (Å²) in [5, 5.41) is 6.12. The SMILES string of the molecule is O=C(CN1C(=O)S/C(=C\c2cccs2)C1=O)NCc1cccs1. The molecule has 3 heterocycles. The van der Waals surface area contributed by atoms with Crippen LogP contribution in [-0.4, -0.2) is 28.5 Å². The van der Waals surface area contributed by atoms with Crippen LogP contribution in [-0.2, 0) is 16.1 Å². The quantitative estimate of drug-likeness (QED) is 0.828. The molecule has 0 radical (unpaired) electrons. The van der Waals surface area contributed by atoms with Gasteiger partial charge in [-0.15, -0.1) is 22.7 Å². The van der Waals surface area contributed by atoms with Crippen LogP contribution in [0.4, 0.5) is 4.79 Å². The predicted octanol–water partition coefficient (Wildman–Crippen LogP) is 3.16. The molecule has 23 heavy (non-hydrogen) atoms. The van der Waals surface area contributed by atoms with E-state index < -0.39 is 11.1 Å². The van der Waals surface area contributed by atoms with Crippen molar-refractivity contribution in [1.29, 1.82) is 0 Å². The Balaban J connectivity index is 1.60. The Labute approximate surface area is 145 Å². The molecule has 0 saturated carbocycles. The maximum atomic E-state index is 12.3. The van der Waals surface area contributed by atoms with Crippen molar-refractivity contribution in [3.63, 3.8) is 0 Å². The van der Waals surface area contributed by atoms with Crippen LogP contribution in [0.3, 0.4) is 0 Å². The Morgan fingerprint density at radius 1 is 1.17 bits per heavy atom. The highest BCUT2D eigenvalue weighted by Gasteiger charge is 2.36. The van der Waals surface area contributed by atoms with E-state index in [9.17, 15) is 14.4 Å². The molecule has 3 rings (SSSR count). The van der Waals surface area contributed by atoms with E-state index in [1.165, 1.54) is 22.7 Å². The number of imide groups is 1. The monoisotopic (exact) mass is 364 g/mol. The first-order valence-corrected chi connectivity index (χ1v) is 9.29. The molecule has 2 aromatic heterocycles. The lowest BCUT2D eigenvalue weighted by atomic mass is 10.3. The van der Waals surface area contributed by atoms with Gasteiger partial charge in [0.05, 0.1) is 11.4 Å². The van der Waals surface area contributed by atoms with Crippen LogP contribution < -0.4 is 5.32 Å². The van der Waals surface area contributed by atoms with Crippen molar-refractivity contribution in [2.24, 2.45) is 0 Å². The molecule has 1 N–H and O–H groups in total. The summed E-state index contributed by atoms with van der Waals surface area (Å²) in [6.07, 6.45) is 1.68. The normalized spacial score (nSPS) is 16.3. The fraction of sp³-hybridized carbons (Fsp3) is 0.133. The second-order valence-electron chi connectivity index (χ2n) is 4.64. The molecule has 0 aliphatic carbocycles. The zero-order valence-electron chi connectivity index (χ0n) is 11.9. The summed E-state index contributed by atoms with van der Waals surface area (Å²) < 4.78 is 0. The van der Waals surface area contributed by atoms with Gasteiger partial charge in [-0.1, -0.05) is 12.1 Å². The van der Waals surface area contributed by atoms with E-state index in [4.69, 9.17) is 0 Å². The molecular formula is C15H12N2O3S3. The highest BCUT2D eigenvalue weighted by molar-refractivity contribution is 8.18. The van der Waals surface area contributed by atoms with Crippen molar-refractivity contribution in [3.8, 4) is 0 Å². The van der Waals surface area contributed by atoms with E-state index in [0.29, 0.717) is 11.4 Å². The first kappa shape index (κ1) is 16.0. The third-order valence-corrected chi connectivity index (χ3v) is 5.63. The molecule has 8 heteroatoms. The lowest BCUT2D eigenvalue weighted by Gasteiger charge is -2.11. The van der Waals surface area contributed by atoms with Gasteiger partial charge in [-0.25, -0.2) is 0 Å². The van der Waals surface area contributed by atoms with Gasteiger partial charge in [-0.3, -0.25) is 19.3 Å². The van der Waals surface area contributed by atoms with E-state index in [1.807, 2.05) is 35.0 Å². The third-order valence-electron chi connectivity index (χ3n) is 3.03. The van der Waals surface area contributed by atoms with Crippen LogP contribution in [0.1, 0.15) is 9.75 Å². The number of thioether (sulfide) groups is 1. The minimum Gasteiger partial charge on any atom is -0.350 e. The molecule has 0 atom stereocenters. The fourth-order valence-electron chi connectivity index (χ4n) is 1.94. The number of nitrogens with zero attached hydrogens (tertiary/aromatic N) is 1. The Morgan fingerprint density at radius 2 is 1.96 bits per heavy atom. The Kier molecular flexibility index (Phi) is 4.94. The van der Waals surface area contributed by atoms with Crippen molar-refractivity contribution < 1.29 is 14.4 Å². The average molecular weight is 364 g/mol. The average Bonchev–Trinajstić information content (AvgIpc) is 3.25. The Bertz CT molecular complexity index is 751. The van der Waals surface area contributed by atoms with E-state index >= 15 is 0 Å². The first-order valence-electron chi connectivity index (χ1n) is 6.71. The molecular weight excluding hydrogens is 352 g/mol. The number of rotatable bonds is 5. The maximum Gasteiger partial charge on any atom is 0.294 e. The lowest BCUT2D eigenvalue weighted by molar-refractivity contribution is -0.129. The van der Waals surface area contributed by atoms with Crippen LogP contribution >= 0.6 is 34.4 Å². The van der Waals surface area contributed by atoms with Gasteiger partial charge in [0.15, 0.2) is 0 Å². The third kappa shape index (κ3) is 3.90. The van der Waals surface area contributed by atoms with Gasteiger partial charge >= 0.3 is 0 Å². The van der Waals surface area contributed by atoms with Crippen LogP contribution in [0.15, 0.2) is 39.9 Å². The number of hydrogen-bond donors (Lipinski definition) is 1. The summed E-state index contributed by atoms with van der Waals surface area (Å²) in [5.41, 5.74) is 0. The number of amides is 3. The lowest BCUT2D eigenvalue weighted by Crippen LogP contribution is -2.39. The molecule has 1 aliphatic rings. The molecule has 1 fully saturated rings. The van der Waals surface area contributed by atoms with Gasteiger partial charge in [0, 0.05) is 9.75 Å². The predicted molar refractivity (Wildman–Crippen MR) is 93.2 cm³/mol. The van der Waals surface area contributed by atoms with E-state index in [-0.39, 0.29) is 12.5 Å². The largest absolute Gasteiger partial charge is 0.350 e. The molecule has 5 nitrogen and oxygen atoms in total. The van der Waals surface area contributed by atoms with E-state index in [0.717, 1.165) is 26.4 Å². The van der Waals surface area contributed by atoms with Crippen molar-refractivity contribution >= 4 is 57.6 Å². The molecule has 1 aliphatic heterocycles. The molecule has 0 aromatic carbocycles. The fourth-order valence-corrected chi connectivity index (χ4v) is 4.14. The highest BCUT2D eigenvalue weighted by atomic mass is 32.2. The van der Waals surface area contributed by atoms with Gasteiger partial charge in [-0.05, 0) is 40.7 Å². The molecule has 2 aromatic rings.